The molecular formula is C21H20O6. The monoisotopic (exact) mass is 368 g/mol. The Hall–Kier alpha value is -3.12. The van der Waals surface area contributed by atoms with E-state index in [1.54, 1.807) is 18.2 Å². The normalized spacial score (nSPS) is 12.0. The fourth-order valence-electron chi connectivity index (χ4n) is 2.91. The quantitative estimate of drug-likeness (QED) is 0.491. The van der Waals surface area contributed by atoms with E-state index in [0.29, 0.717) is 11.3 Å². The Bertz CT molecular complexity index is 1020. The van der Waals surface area contributed by atoms with Gasteiger partial charge >= 0.3 is 11.6 Å². The molecule has 0 aliphatic heterocycles. The summed E-state index contributed by atoms with van der Waals surface area (Å²) in [7, 11) is 2.75. The summed E-state index contributed by atoms with van der Waals surface area (Å²) < 4.78 is 20.7. The van der Waals surface area contributed by atoms with Crippen LogP contribution in [0.4, 0.5) is 0 Å². The van der Waals surface area contributed by atoms with Crippen LogP contribution in [0.3, 0.4) is 0 Å². The number of rotatable bonds is 6. The number of esters is 1. The maximum Gasteiger partial charge on any atom is 0.349 e. The van der Waals surface area contributed by atoms with Crippen molar-refractivity contribution in [1.82, 2.24) is 0 Å². The molecule has 1 heterocycles. The fourth-order valence-corrected chi connectivity index (χ4v) is 2.91. The van der Waals surface area contributed by atoms with Gasteiger partial charge in [-0.05, 0) is 30.2 Å². The molecule has 0 bridgehead atoms. The highest BCUT2D eigenvalue weighted by atomic mass is 16.6. The van der Waals surface area contributed by atoms with Crippen molar-refractivity contribution in [3.05, 3.63) is 64.5 Å². The predicted octanol–water partition coefficient (Wildman–Crippen LogP) is 3.34. The molecule has 0 saturated heterocycles. The van der Waals surface area contributed by atoms with Crippen LogP contribution in [0.5, 0.6) is 5.75 Å². The topological polar surface area (TPSA) is 75.0 Å². The molecule has 0 spiro atoms. The molecule has 3 rings (SSSR count). The Balaban J connectivity index is 2.05. The number of ether oxygens (including phenoxy) is 3. The standard InChI is InChI=1S/C21H20O6/c1-13-6-4-5-7-15(13)17-11-20(22)27-18-10-14(8-9-16(17)18)26-19(12-24-2)21(23)25-3/h4-11,19H,12H2,1-3H3/t19-/m1/s1. The Morgan fingerprint density at radius 2 is 1.85 bits per heavy atom. The van der Waals surface area contributed by atoms with E-state index >= 15 is 0 Å². The van der Waals surface area contributed by atoms with E-state index in [4.69, 9.17) is 18.6 Å². The second kappa shape index (κ2) is 8.05. The summed E-state index contributed by atoms with van der Waals surface area (Å²) in [6.07, 6.45) is -0.913. The fraction of sp³-hybridized carbons (Fsp3) is 0.238. The number of carbonyl (C=O) groups excluding carboxylic acids is 1. The summed E-state index contributed by atoms with van der Waals surface area (Å²) in [6.45, 7) is 2.02. The lowest BCUT2D eigenvalue weighted by molar-refractivity contribution is -0.151. The lowest BCUT2D eigenvalue weighted by Gasteiger charge is -2.16. The first-order valence-electron chi connectivity index (χ1n) is 8.41. The van der Waals surface area contributed by atoms with Gasteiger partial charge < -0.3 is 18.6 Å². The molecule has 0 fully saturated rings. The zero-order chi connectivity index (χ0) is 19.4. The summed E-state index contributed by atoms with van der Waals surface area (Å²) >= 11 is 0. The molecule has 0 N–H and O–H groups in total. The Kier molecular flexibility index (Phi) is 5.57. The Morgan fingerprint density at radius 1 is 1.07 bits per heavy atom. The van der Waals surface area contributed by atoms with Crippen molar-refractivity contribution in [2.75, 3.05) is 20.8 Å². The minimum Gasteiger partial charge on any atom is -0.476 e. The van der Waals surface area contributed by atoms with Gasteiger partial charge in [-0.1, -0.05) is 24.3 Å². The second-order valence-corrected chi connectivity index (χ2v) is 6.04. The van der Waals surface area contributed by atoms with Gasteiger partial charge in [-0.3, -0.25) is 0 Å². The summed E-state index contributed by atoms with van der Waals surface area (Å²) in [4.78, 5) is 23.9. The summed E-state index contributed by atoms with van der Waals surface area (Å²) in [5.74, 6) is -0.174. The largest absolute Gasteiger partial charge is 0.476 e. The first-order valence-corrected chi connectivity index (χ1v) is 8.41. The van der Waals surface area contributed by atoms with E-state index in [9.17, 15) is 9.59 Å². The number of aryl methyl sites for hydroxylation is 1. The molecule has 3 aromatic rings. The van der Waals surface area contributed by atoms with Crippen molar-refractivity contribution >= 4 is 16.9 Å². The second-order valence-electron chi connectivity index (χ2n) is 6.04. The van der Waals surface area contributed by atoms with Gasteiger partial charge in [0, 0.05) is 30.2 Å². The van der Waals surface area contributed by atoms with E-state index in [-0.39, 0.29) is 6.61 Å². The van der Waals surface area contributed by atoms with E-state index in [2.05, 4.69) is 0 Å². The molecule has 2 aromatic carbocycles. The molecule has 0 unspecified atom stereocenters. The van der Waals surface area contributed by atoms with Crippen molar-refractivity contribution < 1.29 is 23.4 Å². The maximum atomic E-state index is 12.1. The van der Waals surface area contributed by atoms with Gasteiger partial charge in [0.05, 0.1) is 13.7 Å². The van der Waals surface area contributed by atoms with Crippen LogP contribution in [0, 0.1) is 6.92 Å². The molecule has 0 saturated carbocycles. The smallest absolute Gasteiger partial charge is 0.349 e. The van der Waals surface area contributed by atoms with E-state index in [1.807, 2.05) is 31.2 Å². The highest BCUT2D eigenvalue weighted by molar-refractivity contribution is 5.94. The van der Waals surface area contributed by atoms with Gasteiger partial charge in [0.25, 0.3) is 0 Å². The van der Waals surface area contributed by atoms with Crippen LogP contribution >= 0.6 is 0 Å². The molecule has 0 aliphatic rings. The number of benzene rings is 2. The number of methoxy groups -OCH3 is 2. The summed E-state index contributed by atoms with van der Waals surface area (Å²) in [6, 6.07) is 14.4. The minimum atomic E-state index is -0.913. The average molecular weight is 368 g/mol. The van der Waals surface area contributed by atoms with Crippen molar-refractivity contribution in [3.63, 3.8) is 0 Å². The van der Waals surface area contributed by atoms with E-state index in [0.717, 1.165) is 22.1 Å². The molecule has 27 heavy (non-hydrogen) atoms. The van der Waals surface area contributed by atoms with Gasteiger partial charge in [0.15, 0.2) is 0 Å². The van der Waals surface area contributed by atoms with Gasteiger partial charge in [0.1, 0.15) is 11.3 Å². The first-order chi connectivity index (χ1) is 13.0. The van der Waals surface area contributed by atoms with Gasteiger partial charge in [-0.25, -0.2) is 9.59 Å². The molecular weight excluding hydrogens is 348 g/mol. The number of carbonyl (C=O) groups is 1. The molecule has 1 aromatic heterocycles. The average Bonchev–Trinajstić information content (AvgIpc) is 2.66. The molecule has 140 valence electrons. The van der Waals surface area contributed by atoms with Gasteiger partial charge in [-0.2, -0.15) is 0 Å². The van der Waals surface area contributed by atoms with Crippen molar-refractivity contribution in [3.8, 4) is 16.9 Å². The molecule has 6 heteroatoms. The zero-order valence-corrected chi connectivity index (χ0v) is 15.4. The third-order valence-corrected chi connectivity index (χ3v) is 4.21. The third-order valence-electron chi connectivity index (χ3n) is 4.21. The van der Waals surface area contributed by atoms with Crippen LogP contribution < -0.4 is 10.4 Å². The number of hydrogen-bond acceptors (Lipinski definition) is 6. The Labute approximate surface area is 156 Å². The van der Waals surface area contributed by atoms with Crippen LogP contribution in [0.2, 0.25) is 0 Å². The van der Waals surface area contributed by atoms with Crippen LogP contribution in [0.15, 0.2) is 57.7 Å². The van der Waals surface area contributed by atoms with Gasteiger partial charge in [-0.15, -0.1) is 0 Å². The van der Waals surface area contributed by atoms with Crippen molar-refractivity contribution in [1.29, 1.82) is 0 Å². The Morgan fingerprint density at radius 3 is 2.56 bits per heavy atom. The third kappa shape index (κ3) is 4.01. The van der Waals surface area contributed by atoms with Crippen molar-refractivity contribution in [2.24, 2.45) is 0 Å². The molecule has 0 aliphatic carbocycles. The highest BCUT2D eigenvalue weighted by Gasteiger charge is 2.21. The number of hydrogen-bond donors (Lipinski definition) is 0. The first kappa shape index (κ1) is 18.7. The highest BCUT2D eigenvalue weighted by Crippen LogP contribution is 2.31. The molecule has 0 amide bonds. The maximum absolute atomic E-state index is 12.1. The van der Waals surface area contributed by atoms with Crippen LogP contribution in [-0.2, 0) is 14.3 Å². The lowest BCUT2D eigenvalue weighted by atomic mass is 9.98. The minimum absolute atomic E-state index is 0.0396. The van der Waals surface area contributed by atoms with E-state index in [1.165, 1.54) is 20.3 Å². The zero-order valence-electron chi connectivity index (χ0n) is 15.4. The summed E-state index contributed by atoms with van der Waals surface area (Å²) in [5.41, 5.74) is 2.71. The van der Waals surface area contributed by atoms with Crippen LogP contribution in [0.25, 0.3) is 22.1 Å². The van der Waals surface area contributed by atoms with Crippen LogP contribution in [0.1, 0.15) is 5.56 Å². The summed E-state index contributed by atoms with van der Waals surface area (Å²) in [5, 5.41) is 0.776. The van der Waals surface area contributed by atoms with Gasteiger partial charge in [0.2, 0.25) is 6.10 Å². The molecule has 0 radical (unpaired) electrons. The van der Waals surface area contributed by atoms with Crippen molar-refractivity contribution in [2.45, 2.75) is 13.0 Å². The molecule has 6 nitrogen and oxygen atoms in total. The predicted molar refractivity (Wildman–Crippen MR) is 101 cm³/mol. The van der Waals surface area contributed by atoms with Crippen LogP contribution in [-0.4, -0.2) is 32.9 Å². The SMILES string of the molecule is COC[C@@H](Oc1ccc2c(-c3ccccc3C)cc(=O)oc2c1)C(=O)OC. The lowest BCUT2D eigenvalue weighted by Crippen LogP contribution is -2.32. The molecule has 1 atom stereocenters. The number of fused-ring (bicyclic) bond motifs is 1. The van der Waals surface area contributed by atoms with E-state index < -0.39 is 17.7 Å².